The molecule has 0 saturated carbocycles. The molecule has 1 heterocycles. The van der Waals surface area contributed by atoms with Crippen molar-refractivity contribution >= 4 is 34.8 Å². The zero-order chi connectivity index (χ0) is 20.1. The third-order valence-electron chi connectivity index (χ3n) is 4.86. The van der Waals surface area contributed by atoms with E-state index in [2.05, 4.69) is 10.2 Å². The van der Waals surface area contributed by atoms with Gasteiger partial charge in [-0.15, -0.1) is 0 Å². The summed E-state index contributed by atoms with van der Waals surface area (Å²) in [5.74, 6) is 0.145. The number of carbonyl (C=O) groups is 2. The monoisotopic (exact) mass is 399 g/mol. The average molecular weight is 400 g/mol. The number of halogens is 1. The molecular formula is C22H26ClN3O2. The van der Waals surface area contributed by atoms with Gasteiger partial charge in [0, 0.05) is 37.8 Å². The maximum atomic E-state index is 12.2. The molecule has 0 aromatic heterocycles. The Morgan fingerprint density at radius 2 is 1.71 bits per heavy atom. The Morgan fingerprint density at radius 1 is 1.04 bits per heavy atom. The molecule has 0 atom stereocenters. The molecule has 5 nitrogen and oxygen atoms in total. The summed E-state index contributed by atoms with van der Waals surface area (Å²) >= 11 is 6.48. The molecule has 1 fully saturated rings. The van der Waals surface area contributed by atoms with E-state index in [4.69, 9.17) is 11.6 Å². The fourth-order valence-electron chi connectivity index (χ4n) is 3.36. The molecule has 1 N–H and O–H groups in total. The second-order valence-electron chi connectivity index (χ2n) is 7.34. The number of anilines is 2. The van der Waals surface area contributed by atoms with Crippen molar-refractivity contribution in [3.8, 4) is 0 Å². The summed E-state index contributed by atoms with van der Waals surface area (Å²) in [6, 6.07) is 15.2. The number of piperazine rings is 1. The van der Waals surface area contributed by atoms with Gasteiger partial charge >= 0.3 is 0 Å². The summed E-state index contributed by atoms with van der Waals surface area (Å²) in [5.41, 5.74) is 2.58. The Hall–Kier alpha value is -2.53. The molecule has 2 aromatic carbocycles. The highest BCUT2D eigenvalue weighted by Crippen LogP contribution is 2.30. The van der Waals surface area contributed by atoms with Gasteiger partial charge in [-0.1, -0.05) is 55.8 Å². The molecule has 0 aliphatic carbocycles. The van der Waals surface area contributed by atoms with Crippen molar-refractivity contribution in [1.82, 2.24) is 4.90 Å². The van der Waals surface area contributed by atoms with E-state index in [0.29, 0.717) is 30.2 Å². The highest BCUT2D eigenvalue weighted by molar-refractivity contribution is 6.33. The number of carbonyl (C=O) groups excluding carboxylic acids is 2. The number of amides is 2. The second kappa shape index (κ2) is 9.11. The molecule has 2 amide bonds. The summed E-state index contributed by atoms with van der Waals surface area (Å²) in [6.07, 6.45) is 0.325. The molecule has 1 aliphatic heterocycles. The number of benzene rings is 2. The van der Waals surface area contributed by atoms with Crippen LogP contribution in [-0.2, 0) is 16.0 Å². The fraction of sp³-hybridized carbons (Fsp3) is 0.364. The summed E-state index contributed by atoms with van der Waals surface area (Å²) in [7, 11) is 0. The van der Waals surface area contributed by atoms with Gasteiger partial charge in [0.15, 0.2) is 0 Å². The SMILES string of the molecule is CC(C)C(=O)N1CCN(c2ccc(NC(=O)Cc3ccccc3)cc2Cl)CC1. The van der Waals surface area contributed by atoms with Crippen molar-refractivity contribution in [3.63, 3.8) is 0 Å². The molecule has 1 saturated heterocycles. The topological polar surface area (TPSA) is 52.7 Å². The first kappa shape index (κ1) is 20.2. The van der Waals surface area contributed by atoms with Crippen molar-refractivity contribution < 1.29 is 9.59 Å². The molecule has 0 spiro atoms. The molecule has 148 valence electrons. The van der Waals surface area contributed by atoms with E-state index in [1.807, 2.05) is 61.2 Å². The van der Waals surface area contributed by atoms with E-state index in [9.17, 15) is 9.59 Å². The van der Waals surface area contributed by atoms with Crippen LogP contribution in [0, 0.1) is 5.92 Å². The van der Waals surface area contributed by atoms with Crippen LogP contribution < -0.4 is 10.2 Å². The molecule has 0 unspecified atom stereocenters. The lowest BCUT2D eigenvalue weighted by Crippen LogP contribution is -2.50. The van der Waals surface area contributed by atoms with E-state index >= 15 is 0 Å². The highest BCUT2D eigenvalue weighted by atomic mass is 35.5. The minimum atomic E-state index is -0.0733. The Labute approximate surface area is 171 Å². The van der Waals surface area contributed by atoms with Crippen LogP contribution in [0.2, 0.25) is 5.02 Å². The van der Waals surface area contributed by atoms with Crippen molar-refractivity contribution in [3.05, 3.63) is 59.1 Å². The third kappa shape index (κ3) is 5.04. The van der Waals surface area contributed by atoms with Crippen LogP contribution in [0.25, 0.3) is 0 Å². The van der Waals surface area contributed by atoms with Crippen molar-refractivity contribution in [2.75, 3.05) is 36.4 Å². The summed E-state index contributed by atoms with van der Waals surface area (Å²) in [6.45, 7) is 6.74. The third-order valence-corrected chi connectivity index (χ3v) is 5.17. The first-order valence-corrected chi connectivity index (χ1v) is 9.99. The van der Waals surface area contributed by atoms with E-state index in [1.54, 1.807) is 6.07 Å². The van der Waals surface area contributed by atoms with Crippen LogP contribution >= 0.6 is 11.6 Å². The molecule has 6 heteroatoms. The molecule has 28 heavy (non-hydrogen) atoms. The highest BCUT2D eigenvalue weighted by Gasteiger charge is 2.24. The second-order valence-corrected chi connectivity index (χ2v) is 7.75. The molecule has 0 bridgehead atoms. The molecular weight excluding hydrogens is 374 g/mol. The number of rotatable bonds is 5. The van der Waals surface area contributed by atoms with Gasteiger partial charge in [-0.25, -0.2) is 0 Å². The lowest BCUT2D eigenvalue weighted by atomic mass is 10.1. The van der Waals surface area contributed by atoms with E-state index in [-0.39, 0.29) is 17.7 Å². The first-order valence-electron chi connectivity index (χ1n) is 9.61. The summed E-state index contributed by atoms with van der Waals surface area (Å²) < 4.78 is 0. The lowest BCUT2D eigenvalue weighted by molar-refractivity contribution is -0.134. The van der Waals surface area contributed by atoms with E-state index < -0.39 is 0 Å². The van der Waals surface area contributed by atoms with Crippen LogP contribution in [0.5, 0.6) is 0 Å². The quantitative estimate of drug-likeness (QED) is 0.831. The minimum absolute atomic E-state index is 0.0221. The molecule has 3 rings (SSSR count). The largest absolute Gasteiger partial charge is 0.367 e. The minimum Gasteiger partial charge on any atom is -0.367 e. The Bertz CT molecular complexity index is 831. The number of nitrogens with one attached hydrogen (secondary N) is 1. The number of nitrogens with zero attached hydrogens (tertiary/aromatic N) is 2. The van der Waals surface area contributed by atoms with Gasteiger partial charge in [-0.05, 0) is 23.8 Å². The fourth-order valence-corrected chi connectivity index (χ4v) is 3.66. The lowest BCUT2D eigenvalue weighted by Gasteiger charge is -2.37. The van der Waals surface area contributed by atoms with Crippen LogP contribution in [-0.4, -0.2) is 42.9 Å². The summed E-state index contributed by atoms with van der Waals surface area (Å²) in [5, 5.41) is 3.50. The van der Waals surface area contributed by atoms with Gasteiger partial charge in [-0.2, -0.15) is 0 Å². The van der Waals surface area contributed by atoms with E-state index in [0.717, 1.165) is 24.3 Å². The Kier molecular flexibility index (Phi) is 6.57. The first-order chi connectivity index (χ1) is 13.4. The van der Waals surface area contributed by atoms with Crippen LogP contribution in [0.3, 0.4) is 0 Å². The smallest absolute Gasteiger partial charge is 0.228 e. The Morgan fingerprint density at radius 3 is 2.32 bits per heavy atom. The van der Waals surface area contributed by atoms with Gasteiger partial charge in [0.2, 0.25) is 11.8 Å². The van der Waals surface area contributed by atoms with Crippen molar-refractivity contribution in [2.24, 2.45) is 5.92 Å². The molecule has 0 radical (unpaired) electrons. The molecule has 2 aromatic rings. The van der Waals surface area contributed by atoms with Crippen LogP contribution in [0.1, 0.15) is 19.4 Å². The van der Waals surface area contributed by atoms with Gasteiger partial charge in [0.05, 0.1) is 17.1 Å². The summed E-state index contributed by atoms with van der Waals surface area (Å²) in [4.78, 5) is 28.5. The normalized spacial score (nSPS) is 14.3. The van der Waals surface area contributed by atoms with Crippen LogP contribution in [0.15, 0.2) is 48.5 Å². The van der Waals surface area contributed by atoms with Crippen LogP contribution in [0.4, 0.5) is 11.4 Å². The van der Waals surface area contributed by atoms with Gasteiger partial charge in [0.1, 0.15) is 0 Å². The predicted molar refractivity (Wildman–Crippen MR) is 114 cm³/mol. The van der Waals surface area contributed by atoms with Gasteiger partial charge in [0.25, 0.3) is 0 Å². The molecule has 1 aliphatic rings. The maximum absolute atomic E-state index is 12.2. The zero-order valence-electron chi connectivity index (χ0n) is 16.3. The number of hydrogen-bond acceptors (Lipinski definition) is 3. The van der Waals surface area contributed by atoms with E-state index in [1.165, 1.54) is 0 Å². The maximum Gasteiger partial charge on any atom is 0.228 e. The average Bonchev–Trinajstić information content (AvgIpc) is 2.68. The standard InChI is InChI=1S/C22H26ClN3O2/c1-16(2)22(28)26-12-10-25(11-13-26)20-9-8-18(15-19(20)23)24-21(27)14-17-6-4-3-5-7-17/h3-9,15-16H,10-14H2,1-2H3,(H,24,27). The van der Waals surface area contributed by atoms with Gasteiger partial charge in [-0.3, -0.25) is 9.59 Å². The zero-order valence-corrected chi connectivity index (χ0v) is 17.1. The van der Waals surface area contributed by atoms with Crippen molar-refractivity contribution in [2.45, 2.75) is 20.3 Å². The number of hydrogen-bond donors (Lipinski definition) is 1. The predicted octanol–water partition coefficient (Wildman–Crippen LogP) is 3.83. The van der Waals surface area contributed by atoms with Gasteiger partial charge < -0.3 is 15.1 Å². The van der Waals surface area contributed by atoms with Crippen molar-refractivity contribution in [1.29, 1.82) is 0 Å². The Balaban J connectivity index is 1.58.